The predicted molar refractivity (Wildman–Crippen MR) is 189 cm³/mol. The molecule has 0 amide bonds. The number of aromatic nitrogens is 1. The number of carbonyl (C=O) groups excluding carboxylic acids is 3. The molecule has 3 aromatic rings. The van der Waals surface area contributed by atoms with Crippen LogP contribution >= 0.6 is 38.6 Å². The Morgan fingerprint density at radius 3 is 1.52 bits per heavy atom. The number of halogens is 1. The summed E-state index contributed by atoms with van der Waals surface area (Å²) < 4.78 is 1.08. The fourth-order valence-corrected chi connectivity index (χ4v) is 6.32. The molecule has 7 nitrogen and oxygen atoms in total. The second-order valence-corrected chi connectivity index (χ2v) is 17.5. The standard InChI is InChI=1S/C12H18N2O.C11H16BrNOS.C11H17NOS/c1-12(2,3)11(15)10(13)8-9-6-4-5-7-14-9;1-11(2,3)10(14)8(13)6-7-4-5-9(12)15-7;1-11(2,3)10(13)9(12)7-8-5-4-6-14-8/h4-7,10H,8,13H2,1-3H3;4-5,8H,6,13H2,1-3H3;4-6,9H,7,12H2,1-3H3/t10-;8-;9-/m111/s1. The molecule has 0 unspecified atom stereocenters. The van der Waals surface area contributed by atoms with Gasteiger partial charge in [0, 0.05) is 57.2 Å². The van der Waals surface area contributed by atoms with Crippen LogP contribution in [-0.2, 0) is 33.6 Å². The molecule has 0 aliphatic rings. The number of hydrogen-bond acceptors (Lipinski definition) is 9. The molecule has 0 fully saturated rings. The fraction of sp³-hybridized carbons (Fsp3) is 0.529. The van der Waals surface area contributed by atoms with E-state index in [-0.39, 0.29) is 39.6 Å². The zero-order valence-electron chi connectivity index (χ0n) is 27.6. The van der Waals surface area contributed by atoms with Crippen LogP contribution in [0, 0.1) is 16.2 Å². The molecule has 3 atom stereocenters. The van der Waals surface area contributed by atoms with E-state index < -0.39 is 12.1 Å². The van der Waals surface area contributed by atoms with Crippen molar-refractivity contribution >= 4 is 56.0 Å². The largest absolute Gasteiger partial charge is 0.321 e. The van der Waals surface area contributed by atoms with Crippen molar-refractivity contribution in [2.45, 2.75) is 99.7 Å². The molecule has 10 heteroatoms. The smallest absolute Gasteiger partial charge is 0.155 e. The first-order chi connectivity index (χ1) is 20.1. The van der Waals surface area contributed by atoms with Crippen LogP contribution in [0.2, 0.25) is 0 Å². The van der Waals surface area contributed by atoms with Gasteiger partial charge in [-0.05, 0) is 51.6 Å². The summed E-state index contributed by atoms with van der Waals surface area (Å²) in [5.74, 6) is 0.325. The normalized spacial score (nSPS) is 13.8. The van der Waals surface area contributed by atoms with Gasteiger partial charge in [-0.15, -0.1) is 22.7 Å². The number of pyridine rings is 1. The van der Waals surface area contributed by atoms with Gasteiger partial charge in [0.1, 0.15) is 0 Å². The first-order valence-electron chi connectivity index (χ1n) is 14.7. The van der Waals surface area contributed by atoms with Crippen molar-refractivity contribution < 1.29 is 14.4 Å². The molecule has 0 spiro atoms. The molecule has 0 saturated carbocycles. The van der Waals surface area contributed by atoms with Crippen molar-refractivity contribution in [2.75, 3.05) is 0 Å². The van der Waals surface area contributed by atoms with Crippen LogP contribution in [-0.4, -0.2) is 40.5 Å². The van der Waals surface area contributed by atoms with E-state index in [9.17, 15) is 14.4 Å². The van der Waals surface area contributed by atoms with Crippen molar-refractivity contribution in [2.24, 2.45) is 33.4 Å². The lowest BCUT2D eigenvalue weighted by atomic mass is 9.85. The topological polar surface area (TPSA) is 142 Å². The van der Waals surface area contributed by atoms with Crippen molar-refractivity contribution in [3.8, 4) is 0 Å². The number of ketones is 3. The zero-order chi connectivity index (χ0) is 33.9. The molecule has 3 aromatic heterocycles. The minimum Gasteiger partial charge on any atom is -0.321 e. The fourth-order valence-electron chi connectivity index (χ4n) is 4.01. The van der Waals surface area contributed by atoms with Crippen LogP contribution in [0.4, 0.5) is 0 Å². The maximum Gasteiger partial charge on any atom is 0.155 e. The van der Waals surface area contributed by atoms with Gasteiger partial charge in [-0.3, -0.25) is 19.4 Å². The average molecular weight is 708 g/mol. The van der Waals surface area contributed by atoms with Gasteiger partial charge in [0.2, 0.25) is 0 Å². The third-order valence-corrected chi connectivity index (χ3v) is 8.98. The molecular weight excluding hydrogens is 656 g/mol. The molecule has 3 rings (SSSR count). The van der Waals surface area contributed by atoms with E-state index in [1.54, 1.807) is 28.9 Å². The summed E-state index contributed by atoms with van der Waals surface area (Å²) in [5.41, 5.74) is 17.4. The molecule has 0 aliphatic carbocycles. The summed E-state index contributed by atoms with van der Waals surface area (Å²) >= 11 is 6.67. The number of nitrogens with zero attached hydrogens (tertiary/aromatic N) is 1. The Morgan fingerprint density at radius 1 is 0.682 bits per heavy atom. The van der Waals surface area contributed by atoms with Gasteiger partial charge in [-0.25, -0.2) is 0 Å². The van der Waals surface area contributed by atoms with Crippen LogP contribution in [0.25, 0.3) is 0 Å². The minimum absolute atomic E-state index is 0.0770. The Morgan fingerprint density at radius 2 is 1.16 bits per heavy atom. The van der Waals surface area contributed by atoms with Crippen molar-refractivity contribution in [1.82, 2.24) is 4.98 Å². The van der Waals surface area contributed by atoms with Crippen LogP contribution in [0.1, 0.15) is 77.8 Å². The first kappa shape index (κ1) is 39.9. The number of Topliss-reactive ketones (excluding diaryl/α,β-unsaturated/α-hetero) is 3. The number of nitrogens with two attached hydrogens (primary N) is 3. The van der Waals surface area contributed by atoms with E-state index in [0.29, 0.717) is 19.3 Å². The maximum atomic E-state index is 11.8. The van der Waals surface area contributed by atoms with Crippen LogP contribution in [0.15, 0.2) is 57.8 Å². The lowest BCUT2D eigenvalue weighted by molar-refractivity contribution is -0.128. The van der Waals surface area contributed by atoms with Gasteiger partial charge in [-0.1, -0.05) is 74.4 Å². The summed E-state index contributed by atoms with van der Waals surface area (Å²) in [5, 5.41) is 2.00. The summed E-state index contributed by atoms with van der Waals surface area (Å²) in [6.07, 6.45) is 3.51. The molecule has 0 radical (unpaired) electrons. The SMILES string of the molecule is CC(C)(C)C(=O)[C@H](N)Cc1ccc(Br)s1.CC(C)(C)C(=O)[C@H](N)Cc1ccccn1.CC(C)(C)C(=O)[C@H](N)Cc1cccs1. The highest BCUT2D eigenvalue weighted by molar-refractivity contribution is 9.11. The molecular formula is C34H51BrN4O3S2. The molecule has 0 aromatic carbocycles. The highest BCUT2D eigenvalue weighted by Crippen LogP contribution is 2.25. The van der Waals surface area contributed by atoms with Crippen molar-refractivity contribution in [1.29, 1.82) is 0 Å². The maximum absolute atomic E-state index is 11.8. The lowest BCUT2D eigenvalue weighted by Crippen LogP contribution is -2.40. The van der Waals surface area contributed by atoms with Gasteiger partial charge >= 0.3 is 0 Å². The van der Waals surface area contributed by atoms with Crippen molar-refractivity contribution in [3.05, 3.63) is 73.3 Å². The summed E-state index contributed by atoms with van der Waals surface area (Å²) in [7, 11) is 0. The zero-order valence-corrected chi connectivity index (χ0v) is 30.9. The molecule has 0 bridgehead atoms. The number of hydrogen-bond donors (Lipinski definition) is 3. The van der Waals surface area contributed by atoms with Gasteiger partial charge in [0.25, 0.3) is 0 Å². The van der Waals surface area contributed by atoms with Gasteiger partial charge in [-0.2, -0.15) is 0 Å². The number of rotatable bonds is 9. The molecule has 244 valence electrons. The highest BCUT2D eigenvalue weighted by Gasteiger charge is 2.29. The second-order valence-electron chi connectivity index (χ2n) is 13.9. The highest BCUT2D eigenvalue weighted by atomic mass is 79.9. The molecule has 44 heavy (non-hydrogen) atoms. The van der Waals surface area contributed by atoms with Crippen molar-refractivity contribution in [3.63, 3.8) is 0 Å². The van der Waals surface area contributed by atoms with Gasteiger partial charge in [0.05, 0.1) is 21.9 Å². The quantitative estimate of drug-likeness (QED) is 0.222. The lowest BCUT2D eigenvalue weighted by Gasteiger charge is -2.21. The minimum atomic E-state index is -0.458. The predicted octanol–water partition coefficient (Wildman–Crippen LogP) is 6.80. The molecule has 0 aliphatic heterocycles. The van der Waals surface area contributed by atoms with E-state index in [0.717, 1.165) is 14.4 Å². The van der Waals surface area contributed by atoms with E-state index in [2.05, 4.69) is 20.9 Å². The van der Waals surface area contributed by atoms with E-state index >= 15 is 0 Å². The van der Waals surface area contributed by atoms with Crippen LogP contribution in [0.3, 0.4) is 0 Å². The number of carbonyl (C=O) groups is 3. The van der Waals surface area contributed by atoms with E-state index in [4.69, 9.17) is 17.2 Å². The Balaban J connectivity index is 0.000000330. The van der Waals surface area contributed by atoms with Crippen LogP contribution in [0.5, 0.6) is 0 Å². The van der Waals surface area contributed by atoms with Crippen LogP contribution < -0.4 is 17.2 Å². The summed E-state index contributed by atoms with van der Waals surface area (Å²) in [6.45, 7) is 17.1. The third kappa shape index (κ3) is 14.8. The Hall–Kier alpha value is -2.08. The third-order valence-electron chi connectivity index (χ3n) is 6.43. The molecule has 3 heterocycles. The first-order valence-corrected chi connectivity index (χ1v) is 17.2. The molecule has 6 N–H and O–H groups in total. The Labute approximate surface area is 280 Å². The monoisotopic (exact) mass is 706 g/mol. The number of thiophene rings is 2. The van der Waals surface area contributed by atoms with Gasteiger partial charge in [0.15, 0.2) is 17.3 Å². The average Bonchev–Trinajstić information content (AvgIpc) is 3.58. The van der Waals surface area contributed by atoms with Gasteiger partial charge < -0.3 is 17.2 Å². The Kier molecular flexibility index (Phi) is 16.0. The molecule has 0 saturated heterocycles. The summed E-state index contributed by atoms with van der Waals surface area (Å²) in [4.78, 5) is 41.9. The van der Waals surface area contributed by atoms with E-state index in [1.807, 2.05) is 110 Å². The van der Waals surface area contributed by atoms with E-state index in [1.165, 1.54) is 4.88 Å². The summed E-state index contributed by atoms with van der Waals surface area (Å²) in [6, 6.07) is 12.4. The second kappa shape index (κ2) is 17.6. The Bertz CT molecular complexity index is 1300.